The molecule has 0 saturated carbocycles. The molecule has 3 atom stereocenters. The van der Waals surface area contributed by atoms with Gasteiger partial charge in [-0.25, -0.2) is 13.1 Å². The van der Waals surface area contributed by atoms with Crippen molar-refractivity contribution in [1.82, 2.24) is 20.3 Å². The number of carbonyl (C=O) groups excluding carboxylic acids is 3. The number of sulfonamides is 1. The van der Waals surface area contributed by atoms with Gasteiger partial charge in [0, 0.05) is 23.7 Å². The van der Waals surface area contributed by atoms with Gasteiger partial charge in [0.1, 0.15) is 6.04 Å². The van der Waals surface area contributed by atoms with E-state index in [4.69, 9.17) is 5.73 Å². The maximum absolute atomic E-state index is 14.1. The highest BCUT2D eigenvalue weighted by Crippen LogP contribution is 2.29. The molecule has 0 aliphatic rings. The Bertz CT molecular complexity index is 1530. The van der Waals surface area contributed by atoms with Crippen LogP contribution < -0.4 is 21.1 Å². The molecule has 10 nitrogen and oxygen atoms in total. The molecule has 0 heterocycles. The van der Waals surface area contributed by atoms with Gasteiger partial charge in [0.05, 0.1) is 17.0 Å². The van der Waals surface area contributed by atoms with Crippen molar-refractivity contribution in [1.29, 1.82) is 0 Å². The smallest absolute Gasteiger partial charge is 0.264 e. The average molecular weight is 656 g/mol. The summed E-state index contributed by atoms with van der Waals surface area (Å²) in [6, 6.07) is 12.0. The number of nitrogens with zero attached hydrogens (tertiary/aromatic N) is 1. The largest absolute Gasteiger partial charge is 0.399 e. The minimum Gasteiger partial charge on any atom is -0.399 e. The number of benzene rings is 2. The van der Waals surface area contributed by atoms with Gasteiger partial charge in [-0.1, -0.05) is 91.8 Å². The highest BCUT2D eigenvalue weighted by molar-refractivity contribution is 7.90. The van der Waals surface area contributed by atoms with Gasteiger partial charge in [-0.3, -0.25) is 14.4 Å². The number of rotatable bonds is 13. The van der Waals surface area contributed by atoms with Crippen LogP contribution >= 0.6 is 0 Å². The summed E-state index contributed by atoms with van der Waals surface area (Å²) in [7, 11) is -0.828. The third-order valence-corrected chi connectivity index (χ3v) is 9.86. The fourth-order valence-corrected chi connectivity index (χ4v) is 6.87. The van der Waals surface area contributed by atoms with Gasteiger partial charge in [0.15, 0.2) is 0 Å². The van der Waals surface area contributed by atoms with Crippen molar-refractivity contribution >= 4 is 33.4 Å². The zero-order valence-corrected chi connectivity index (χ0v) is 30.0. The summed E-state index contributed by atoms with van der Waals surface area (Å²) < 4.78 is 28.4. The number of nitrogen functional groups attached to an aromatic ring is 1. The molecular weight excluding hydrogens is 602 g/mol. The fraction of sp³-hybridized carbons (Fsp3) is 0.514. The zero-order valence-electron chi connectivity index (χ0n) is 29.2. The van der Waals surface area contributed by atoms with E-state index in [0.717, 1.165) is 5.56 Å². The van der Waals surface area contributed by atoms with E-state index in [1.807, 2.05) is 78.8 Å². The fourth-order valence-electron chi connectivity index (χ4n) is 5.56. The molecule has 254 valence electrons. The lowest BCUT2D eigenvalue weighted by atomic mass is 9.76. The second-order valence-corrected chi connectivity index (χ2v) is 15.5. The summed E-state index contributed by atoms with van der Waals surface area (Å²) in [5, 5.41) is 6.16. The normalized spacial score (nSPS) is 14.7. The van der Waals surface area contributed by atoms with Crippen LogP contribution in [0.15, 0.2) is 65.1 Å². The van der Waals surface area contributed by atoms with Crippen molar-refractivity contribution in [2.24, 2.45) is 11.3 Å². The number of aryl methyl sites for hydroxylation is 1. The van der Waals surface area contributed by atoms with Crippen LogP contribution in [-0.4, -0.2) is 63.3 Å². The summed E-state index contributed by atoms with van der Waals surface area (Å²) in [6.45, 7) is 16.7. The molecule has 3 unspecified atom stereocenters. The lowest BCUT2D eigenvalue weighted by Crippen LogP contribution is -2.61. The molecule has 0 aliphatic heterocycles. The van der Waals surface area contributed by atoms with Gasteiger partial charge < -0.3 is 21.3 Å². The zero-order chi connectivity index (χ0) is 35.2. The monoisotopic (exact) mass is 655 g/mol. The molecule has 0 bridgehead atoms. The molecule has 2 aromatic rings. The molecule has 0 spiro atoms. The molecule has 3 amide bonds. The van der Waals surface area contributed by atoms with Crippen LogP contribution in [0.1, 0.15) is 73.4 Å². The van der Waals surface area contributed by atoms with Gasteiger partial charge in [-0.05, 0) is 61.1 Å². The average Bonchev–Trinajstić information content (AvgIpc) is 2.97. The van der Waals surface area contributed by atoms with Gasteiger partial charge >= 0.3 is 0 Å². The molecular formula is C35H53N5O5S. The molecule has 0 fully saturated rings. The van der Waals surface area contributed by atoms with Crippen LogP contribution in [0.5, 0.6) is 0 Å². The van der Waals surface area contributed by atoms with Crippen LogP contribution in [0.3, 0.4) is 0 Å². The van der Waals surface area contributed by atoms with E-state index in [2.05, 4.69) is 15.4 Å². The minimum absolute atomic E-state index is 0.0165. The summed E-state index contributed by atoms with van der Waals surface area (Å²) in [5.41, 5.74) is 6.61. The SMILES string of the molecule is CCc1cc(N)ccc1S(=O)(=O)NC(=O)/C(C)=C/C(C(C)C)N(C)C(=O)C(NC(=O)C(NC)C(C)(C)c1ccccc1)C(C)(C)C. The van der Waals surface area contributed by atoms with Crippen molar-refractivity contribution in [3.05, 3.63) is 71.3 Å². The van der Waals surface area contributed by atoms with Crippen LogP contribution in [0.25, 0.3) is 0 Å². The maximum atomic E-state index is 14.1. The first-order valence-electron chi connectivity index (χ1n) is 15.6. The standard InChI is InChI=1S/C35H53N5O5S/c1-12-24-21-26(36)18-19-28(24)46(44,45)39-31(41)23(4)20-27(22(2)3)40(11)33(43)30(34(5,6)7)38-32(42)29(37-10)35(8,9)25-16-14-13-15-17-25/h13-22,27,29-30,37H,12,36H2,1-11H3,(H,38,42)(H,39,41)/b23-20+. The predicted octanol–water partition coefficient (Wildman–Crippen LogP) is 4.16. The summed E-state index contributed by atoms with van der Waals surface area (Å²) in [4.78, 5) is 42.6. The molecule has 0 radical (unpaired) electrons. The minimum atomic E-state index is -4.18. The summed E-state index contributed by atoms with van der Waals surface area (Å²) >= 11 is 0. The Kier molecular flexibility index (Phi) is 12.8. The Balaban J connectivity index is 2.36. The van der Waals surface area contributed by atoms with Crippen molar-refractivity contribution in [2.45, 2.75) is 97.2 Å². The molecule has 11 heteroatoms. The Morgan fingerprint density at radius 2 is 1.57 bits per heavy atom. The first-order chi connectivity index (χ1) is 21.2. The molecule has 0 aromatic heterocycles. The first kappa shape index (κ1) is 38.5. The number of carbonyl (C=O) groups is 3. The highest BCUT2D eigenvalue weighted by Gasteiger charge is 2.41. The van der Waals surface area contributed by atoms with Gasteiger partial charge in [-0.15, -0.1) is 0 Å². The van der Waals surface area contributed by atoms with Crippen molar-refractivity contribution in [3.63, 3.8) is 0 Å². The van der Waals surface area contributed by atoms with E-state index in [1.165, 1.54) is 24.0 Å². The van der Waals surface area contributed by atoms with Crippen molar-refractivity contribution < 1.29 is 22.8 Å². The van der Waals surface area contributed by atoms with E-state index in [-0.39, 0.29) is 28.2 Å². The second-order valence-electron chi connectivity index (χ2n) is 13.8. The Hall–Kier alpha value is -3.70. The topological polar surface area (TPSA) is 151 Å². The molecule has 5 N–H and O–H groups in total. The molecule has 0 aliphatic carbocycles. The highest BCUT2D eigenvalue weighted by atomic mass is 32.2. The maximum Gasteiger partial charge on any atom is 0.264 e. The van der Waals surface area contributed by atoms with Crippen molar-refractivity contribution in [3.8, 4) is 0 Å². The Morgan fingerprint density at radius 1 is 0.978 bits per heavy atom. The first-order valence-corrected chi connectivity index (χ1v) is 17.1. The Morgan fingerprint density at radius 3 is 2.07 bits per heavy atom. The molecule has 0 saturated heterocycles. The summed E-state index contributed by atoms with van der Waals surface area (Å²) in [5.74, 6) is -1.59. The predicted molar refractivity (Wildman–Crippen MR) is 184 cm³/mol. The van der Waals surface area contributed by atoms with Crippen LogP contribution in [0.2, 0.25) is 0 Å². The molecule has 2 aromatic carbocycles. The second kappa shape index (κ2) is 15.3. The number of nitrogens with two attached hydrogens (primary N) is 1. The number of likely N-dealkylation sites (N-methyl/N-ethyl adjacent to an activating group) is 2. The number of amides is 3. The van der Waals surface area contributed by atoms with Gasteiger partial charge in [-0.2, -0.15) is 0 Å². The third kappa shape index (κ3) is 9.19. The Labute approximate surface area is 275 Å². The lowest BCUT2D eigenvalue weighted by Gasteiger charge is -2.40. The quantitative estimate of drug-likeness (QED) is 0.187. The number of hydrogen-bond acceptors (Lipinski definition) is 7. The van der Waals surface area contributed by atoms with Gasteiger partial charge in [0.2, 0.25) is 11.8 Å². The van der Waals surface area contributed by atoms with E-state index in [1.54, 1.807) is 33.2 Å². The van der Waals surface area contributed by atoms with E-state index in [9.17, 15) is 22.8 Å². The van der Waals surface area contributed by atoms with Crippen molar-refractivity contribution in [2.75, 3.05) is 19.8 Å². The van der Waals surface area contributed by atoms with Gasteiger partial charge in [0.25, 0.3) is 15.9 Å². The van der Waals surface area contributed by atoms with E-state index < -0.39 is 44.9 Å². The molecule has 46 heavy (non-hydrogen) atoms. The number of nitrogens with one attached hydrogen (secondary N) is 3. The summed E-state index contributed by atoms with van der Waals surface area (Å²) in [6.07, 6.45) is 2.00. The van der Waals surface area contributed by atoms with Crippen LogP contribution in [-0.2, 0) is 36.2 Å². The van der Waals surface area contributed by atoms with Crippen LogP contribution in [0, 0.1) is 11.3 Å². The lowest BCUT2D eigenvalue weighted by molar-refractivity contribution is -0.140. The number of anilines is 1. The third-order valence-electron chi connectivity index (χ3n) is 8.43. The number of hydrogen-bond donors (Lipinski definition) is 4. The van der Waals surface area contributed by atoms with Crippen LogP contribution in [0.4, 0.5) is 5.69 Å². The van der Waals surface area contributed by atoms with E-state index in [0.29, 0.717) is 17.7 Å². The molecule has 2 rings (SSSR count). The van der Waals surface area contributed by atoms with E-state index >= 15 is 0 Å².